The second-order valence-electron chi connectivity index (χ2n) is 7.70. The molecule has 2 aromatic heterocycles. The van der Waals surface area contributed by atoms with Crippen LogP contribution in [-0.2, 0) is 4.74 Å². The van der Waals surface area contributed by atoms with Crippen molar-refractivity contribution in [2.75, 3.05) is 18.6 Å². The van der Waals surface area contributed by atoms with Gasteiger partial charge in [0, 0.05) is 4.90 Å². The van der Waals surface area contributed by atoms with Crippen molar-refractivity contribution >= 4 is 28.7 Å². The zero-order valence-electron chi connectivity index (χ0n) is 17.8. The molecule has 0 radical (unpaired) electrons. The average Bonchev–Trinajstić information content (AvgIpc) is 3.40. The summed E-state index contributed by atoms with van der Waals surface area (Å²) in [5, 5.41) is 21.2. The van der Waals surface area contributed by atoms with Crippen LogP contribution in [0.1, 0.15) is 6.23 Å². The summed E-state index contributed by atoms with van der Waals surface area (Å²) in [7, 11) is 0. The van der Waals surface area contributed by atoms with E-state index in [0.717, 1.165) is 11.1 Å². The van der Waals surface area contributed by atoms with E-state index in [1.807, 2.05) is 36.6 Å². The maximum Gasteiger partial charge on any atom is 0.167 e. The third-order valence-corrected chi connectivity index (χ3v) is 6.38. The number of rotatable bonds is 6. The van der Waals surface area contributed by atoms with Crippen LogP contribution in [0.4, 0.5) is 5.82 Å². The molecule has 0 unspecified atom stereocenters. The third kappa shape index (κ3) is 4.13. The molecule has 33 heavy (non-hydrogen) atoms. The van der Waals surface area contributed by atoms with E-state index in [0.29, 0.717) is 16.9 Å². The lowest BCUT2D eigenvalue weighted by molar-refractivity contribution is -0.0474. The number of aliphatic hydroxyl groups is 2. The number of nitrogen functional groups attached to an aromatic ring is 1. The minimum atomic E-state index is -1.19. The summed E-state index contributed by atoms with van der Waals surface area (Å²) in [5.41, 5.74) is 8.78. The Morgan fingerprint density at radius 3 is 2.67 bits per heavy atom. The van der Waals surface area contributed by atoms with Gasteiger partial charge in [-0.05, 0) is 41.6 Å². The van der Waals surface area contributed by atoms with Crippen molar-refractivity contribution in [2.24, 2.45) is 0 Å². The summed E-state index contributed by atoms with van der Waals surface area (Å²) in [4.78, 5) is 13.5. The number of anilines is 1. The van der Waals surface area contributed by atoms with Crippen LogP contribution in [0, 0.1) is 0 Å². The highest BCUT2D eigenvalue weighted by Gasteiger charge is 2.44. The van der Waals surface area contributed by atoms with Gasteiger partial charge in [-0.1, -0.05) is 24.3 Å². The van der Waals surface area contributed by atoms with Gasteiger partial charge in [-0.25, -0.2) is 15.0 Å². The molecule has 0 bridgehead atoms. The van der Waals surface area contributed by atoms with Crippen LogP contribution in [0.2, 0.25) is 0 Å². The Morgan fingerprint density at radius 1 is 1.06 bits per heavy atom. The summed E-state index contributed by atoms with van der Waals surface area (Å²) in [5.74, 6) is 0.874. The number of aromatic nitrogens is 4. The monoisotopic (exact) mass is 465 g/mol. The van der Waals surface area contributed by atoms with Crippen molar-refractivity contribution in [2.45, 2.75) is 29.4 Å². The van der Waals surface area contributed by atoms with E-state index in [2.05, 4.69) is 33.2 Å². The molecule has 2 aromatic carbocycles. The number of nitrogens with two attached hydrogens (primary N) is 1. The first-order chi connectivity index (χ1) is 16.0. The van der Waals surface area contributed by atoms with Crippen molar-refractivity contribution in [1.82, 2.24) is 19.5 Å². The zero-order chi connectivity index (χ0) is 22.9. The Balaban J connectivity index is 1.31. The fraction of sp³-hybridized carbons (Fsp3) is 0.261. The van der Waals surface area contributed by atoms with Crippen molar-refractivity contribution < 1.29 is 19.7 Å². The first-order valence-electron chi connectivity index (χ1n) is 10.4. The number of nitrogens with zero attached hydrogens (tertiary/aromatic N) is 4. The van der Waals surface area contributed by atoms with Crippen LogP contribution in [0.15, 0.2) is 66.1 Å². The molecule has 1 saturated heterocycles. The number of fused-ring (bicyclic) bond motifs is 1. The first-order valence-corrected chi connectivity index (χ1v) is 11.6. The molecule has 0 aliphatic carbocycles. The molecule has 4 aromatic rings. The molecule has 3 heterocycles. The van der Waals surface area contributed by atoms with E-state index in [1.54, 1.807) is 16.3 Å². The van der Waals surface area contributed by atoms with Crippen LogP contribution in [0.3, 0.4) is 0 Å². The number of ether oxygens (including phenoxy) is 2. The van der Waals surface area contributed by atoms with E-state index < -0.39 is 24.5 Å². The van der Waals surface area contributed by atoms with Gasteiger partial charge in [0.1, 0.15) is 42.5 Å². The molecule has 1 fully saturated rings. The number of thioether (sulfide) groups is 1. The standard InChI is InChI=1S/C23H23N5O4S/c1-33-16-7-3-5-14(9-16)13-4-2-6-15(8-13)31-10-17-19(29)20(30)23(32-17)28-12-27-18-21(24)25-11-26-22(18)28/h2-9,11-12,17,19-20,23,29-30H,10H2,1H3,(H2,24,25,26)/t17-,19-,20-,23-/m1/s1. The molecule has 0 amide bonds. The van der Waals surface area contributed by atoms with E-state index in [4.69, 9.17) is 15.2 Å². The SMILES string of the molecule is CSc1cccc(-c2cccc(OC[C@H]3O[C@@H](n4cnc5c(N)ncnc54)[C@H](O)[C@@H]3O)c2)c1. The van der Waals surface area contributed by atoms with E-state index in [1.165, 1.54) is 17.6 Å². The van der Waals surface area contributed by atoms with Crippen LogP contribution < -0.4 is 10.5 Å². The van der Waals surface area contributed by atoms with Crippen LogP contribution in [-0.4, -0.2) is 60.9 Å². The lowest BCUT2D eigenvalue weighted by atomic mass is 10.1. The molecule has 0 saturated carbocycles. The van der Waals surface area contributed by atoms with Gasteiger partial charge in [-0.3, -0.25) is 4.57 Å². The van der Waals surface area contributed by atoms with Crippen LogP contribution in [0.25, 0.3) is 22.3 Å². The summed E-state index contributed by atoms with van der Waals surface area (Å²) in [6, 6.07) is 16.0. The molecule has 4 atom stereocenters. The number of imidazole rings is 1. The topological polar surface area (TPSA) is 129 Å². The van der Waals surface area contributed by atoms with Crippen LogP contribution in [0.5, 0.6) is 5.75 Å². The largest absolute Gasteiger partial charge is 0.491 e. The molecule has 0 spiro atoms. The Morgan fingerprint density at radius 2 is 1.85 bits per heavy atom. The molecule has 170 valence electrons. The second-order valence-corrected chi connectivity index (χ2v) is 8.58. The smallest absolute Gasteiger partial charge is 0.167 e. The maximum atomic E-state index is 10.6. The molecule has 9 nitrogen and oxygen atoms in total. The fourth-order valence-electron chi connectivity index (χ4n) is 3.90. The maximum absolute atomic E-state index is 10.6. The number of hydrogen-bond acceptors (Lipinski definition) is 9. The Kier molecular flexibility index (Phi) is 5.90. The Hall–Kier alpha value is -3.18. The highest BCUT2D eigenvalue weighted by Crippen LogP contribution is 2.33. The second kappa shape index (κ2) is 8.99. The molecule has 4 N–H and O–H groups in total. The van der Waals surface area contributed by atoms with E-state index in [9.17, 15) is 10.2 Å². The highest BCUT2D eigenvalue weighted by molar-refractivity contribution is 7.98. The fourth-order valence-corrected chi connectivity index (χ4v) is 4.36. The zero-order valence-corrected chi connectivity index (χ0v) is 18.6. The Labute approximate surface area is 194 Å². The molecule has 1 aliphatic rings. The van der Waals surface area contributed by atoms with E-state index in [-0.39, 0.29) is 12.4 Å². The van der Waals surface area contributed by atoms with Crippen molar-refractivity contribution in [3.8, 4) is 16.9 Å². The van der Waals surface area contributed by atoms with Gasteiger partial charge in [0.15, 0.2) is 17.7 Å². The average molecular weight is 466 g/mol. The quantitative estimate of drug-likeness (QED) is 0.368. The predicted octanol–water partition coefficient (Wildman–Crippen LogP) is 2.50. The molecule has 5 rings (SSSR count). The minimum absolute atomic E-state index is 0.0623. The summed E-state index contributed by atoms with van der Waals surface area (Å²) in [6.07, 6.45) is 0.864. The van der Waals surface area contributed by atoms with Crippen molar-refractivity contribution in [3.05, 3.63) is 61.2 Å². The third-order valence-electron chi connectivity index (χ3n) is 5.65. The first kappa shape index (κ1) is 21.7. The summed E-state index contributed by atoms with van der Waals surface area (Å²) in [6.45, 7) is 0.0623. The lowest BCUT2D eigenvalue weighted by Crippen LogP contribution is -2.34. The van der Waals surface area contributed by atoms with E-state index >= 15 is 0 Å². The van der Waals surface area contributed by atoms with Crippen LogP contribution >= 0.6 is 11.8 Å². The van der Waals surface area contributed by atoms with Crippen molar-refractivity contribution in [1.29, 1.82) is 0 Å². The number of aliphatic hydroxyl groups excluding tert-OH is 2. The van der Waals surface area contributed by atoms with Gasteiger partial charge in [-0.15, -0.1) is 11.8 Å². The number of benzene rings is 2. The van der Waals surface area contributed by atoms with Gasteiger partial charge < -0.3 is 25.4 Å². The molecule has 10 heteroatoms. The predicted molar refractivity (Wildman–Crippen MR) is 125 cm³/mol. The molecular formula is C23H23N5O4S. The highest BCUT2D eigenvalue weighted by atomic mass is 32.2. The molecular weight excluding hydrogens is 442 g/mol. The van der Waals surface area contributed by atoms with Crippen molar-refractivity contribution in [3.63, 3.8) is 0 Å². The Bertz CT molecular complexity index is 1280. The van der Waals surface area contributed by atoms with Gasteiger partial charge in [0.2, 0.25) is 0 Å². The van der Waals surface area contributed by atoms with Gasteiger partial charge in [-0.2, -0.15) is 0 Å². The number of hydrogen-bond donors (Lipinski definition) is 3. The summed E-state index contributed by atoms with van der Waals surface area (Å²) >= 11 is 1.69. The lowest BCUT2D eigenvalue weighted by Gasteiger charge is -2.16. The molecule has 1 aliphatic heterocycles. The van der Waals surface area contributed by atoms with Gasteiger partial charge in [0.25, 0.3) is 0 Å². The van der Waals surface area contributed by atoms with Gasteiger partial charge >= 0.3 is 0 Å². The normalized spacial score (nSPS) is 22.6. The minimum Gasteiger partial charge on any atom is -0.491 e. The van der Waals surface area contributed by atoms with Gasteiger partial charge in [0.05, 0.1) is 6.33 Å². The summed E-state index contributed by atoms with van der Waals surface area (Å²) < 4.78 is 13.4.